The second kappa shape index (κ2) is 15.8. The third kappa shape index (κ3) is 10.4. The number of benzene rings is 1. The molecule has 2 amide bonds. The average Bonchev–Trinajstić information content (AvgIpc) is 3.27. The fourth-order valence-corrected chi connectivity index (χ4v) is 4.53. The molecule has 1 aromatic carbocycles. The van der Waals surface area contributed by atoms with Gasteiger partial charge < -0.3 is 30.9 Å². The minimum Gasteiger partial charge on any atom is -0.493 e. The molecule has 1 aliphatic heterocycles. The van der Waals surface area contributed by atoms with Crippen LogP contribution in [0, 0.1) is 11.8 Å². The third-order valence-corrected chi connectivity index (χ3v) is 6.79. The quantitative estimate of drug-likeness (QED) is 0.252. The summed E-state index contributed by atoms with van der Waals surface area (Å²) in [7, 11) is 1.68. The molecule has 36 heavy (non-hydrogen) atoms. The van der Waals surface area contributed by atoms with Crippen LogP contribution >= 0.6 is 0 Å². The zero-order valence-corrected chi connectivity index (χ0v) is 22.4. The largest absolute Gasteiger partial charge is 0.493 e. The van der Waals surface area contributed by atoms with Crippen molar-refractivity contribution >= 4 is 11.8 Å². The van der Waals surface area contributed by atoms with Crippen molar-refractivity contribution in [3.05, 3.63) is 29.8 Å². The number of methoxy groups -OCH3 is 1. The average molecular weight is 507 g/mol. The lowest BCUT2D eigenvalue weighted by molar-refractivity contribution is -0.119. The van der Waals surface area contributed by atoms with Gasteiger partial charge in [0.05, 0.1) is 18.3 Å². The molecule has 0 radical (unpaired) electrons. The standard InChI is InChI=1S/C27H46N4O5/c1-19(2)21(15-24(28)25(33)18-31-12-11-22(17-31)30-20(3)32)16-29-27(34)23-9-5-6-10-26(23)36-14-8-7-13-35-4/h5-6,9-10,19,21-22,24-25,33H,7-8,11-18,28H2,1-4H3,(H,29,34)(H,30,32). The Bertz CT molecular complexity index is 806. The van der Waals surface area contributed by atoms with Crippen molar-refractivity contribution < 1.29 is 24.2 Å². The highest BCUT2D eigenvalue weighted by Crippen LogP contribution is 2.21. The van der Waals surface area contributed by atoms with E-state index >= 15 is 0 Å². The molecule has 1 fully saturated rings. The molecule has 0 aromatic heterocycles. The van der Waals surface area contributed by atoms with E-state index in [0.717, 1.165) is 32.4 Å². The number of unbranched alkanes of at least 4 members (excludes halogenated alkanes) is 1. The fraction of sp³-hybridized carbons (Fsp3) is 0.704. The topological polar surface area (TPSA) is 126 Å². The number of rotatable bonds is 16. The number of ether oxygens (including phenoxy) is 2. The number of carbonyl (C=O) groups excluding carboxylic acids is 2. The van der Waals surface area contributed by atoms with Gasteiger partial charge in [-0.25, -0.2) is 0 Å². The zero-order chi connectivity index (χ0) is 26.5. The minimum atomic E-state index is -0.676. The highest BCUT2D eigenvalue weighted by atomic mass is 16.5. The molecule has 4 atom stereocenters. The number of nitrogens with zero attached hydrogens (tertiary/aromatic N) is 1. The molecule has 0 saturated carbocycles. The molecule has 1 aromatic rings. The van der Waals surface area contributed by atoms with E-state index in [1.54, 1.807) is 13.2 Å². The maximum absolute atomic E-state index is 13.0. The number of aliphatic hydroxyl groups excluding tert-OH is 1. The van der Waals surface area contributed by atoms with E-state index < -0.39 is 12.1 Å². The van der Waals surface area contributed by atoms with E-state index in [0.29, 0.717) is 44.0 Å². The lowest BCUT2D eigenvalue weighted by Crippen LogP contribution is -2.46. The number of carbonyl (C=O) groups is 2. The van der Waals surface area contributed by atoms with E-state index in [2.05, 4.69) is 29.4 Å². The van der Waals surface area contributed by atoms with Gasteiger partial charge in [0.2, 0.25) is 5.91 Å². The number of hydrogen-bond donors (Lipinski definition) is 4. The summed E-state index contributed by atoms with van der Waals surface area (Å²) in [5.74, 6) is 0.766. The van der Waals surface area contributed by atoms with Crippen LogP contribution < -0.4 is 21.1 Å². The Kier molecular flexibility index (Phi) is 13.2. The van der Waals surface area contributed by atoms with Crippen LogP contribution in [0.5, 0.6) is 5.75 Å². The molecule has 0 aliphatic carbocycles. The molecule has 1 saturated heterocycles. The van der Waals surface area contributed by atoms with Crippen molar-refractivity contribution in [2.24, 2.45) is 17.6 Å². The predicted octanol–water partition coefficient (Wildman–Crippen LogP) is 1.78. The highest BCUT2D eigenvalue weighted by molar-refractivity contribution is 5.96. The smallest absolute Gasteiger partial charge is 0.255 e. The molecule has 0 bridgehead atoms. The van der Waals surface area contributed by atoms with Crippen molar-refractivity contribution in [3.8, 4) is 5.75 Å². The molecular formula is C27H46N4O5. The van der Waals surface area contributed by atoms with Crippen LogP contribution in [0.25, 0.3) is 0 Å². The molecule has 1 aliphatic rings. The molecule has 204 valence electrons. The van der Waals surface area contributed by atoms with E-state index in [9.17, 15) is 14.7 Å². The van der Waals surface area contributed by atoms with E-state index in [4.69, 9.17) is 15.2 Å². The molecule has 4 unspecified atom stereocenters. The molecule has 1 heterocycles. The second-order valence-corrected chi connectivity index (χ2v) is 10.2. The Morgan fingerprint density at radius 2 is 1.94 bits per heavy atom. The van der Waals surface area contributed by atoms with Gasteiger partial charge in [-0.3, -0.25) is 14.5 Å². The van der Waals surface area contributed by atoms with Crippen LogP contribution in [0.4, 0.5) is 0 Å². The van der Waals surface area contributed by atoms with E-state index in [1.165, 1.54) is 6.92 Å². The fourth-order valence-electron chi connectivity index (χ4n) is 4.53. The van der Waals surface area contributed by atoms with Gasteiger partial charge in [-0.15, -0.1) is 0 Å². The molecule has 0 spiro atoms. The third-order valence-electron chi connectivity index (χ3n) is 6.79. The number of likely N-dealkylation sites (tertiary alicyclic amines) is 1. The van der Waals surface area contributed by atoms with Crippen LogP contribution in [0.3, 0.4) is 0 Å². The number of aliphatic hydroxyl groups is 1. The normalized spacial score (nSPS) is 18.6. The SMILES string of the molecule is COCCCCOc1ccccc1C(=O)NCC(CC(N)C(O)CN1CCC(NC(C)=O)C1)C(C)C. The van der Waals surface area contributed by atoms with Gasteiger partial charge in [-0.1, -0.05) is 26.0 Å². The number of nitrogens with two attached hydrogens (primary N) is 1. The zero-order valence-electron chi connectivity index (χ0n) is 22.4. The summed E-state index contributed by atoms with van der Waals surface area (Å²) < 4.78 is 10.9. The first kappa shape index (κ1) is 30.0. The van der Waals surface area contributed by atoms with Gasteiger partial charge in [0.15, 0.2) is 0 Å². The number of nitrogens with one attached hydrogen (secondary N) is 2. The van der Waals surface area contributed by atoms with Crippen LogP contribution in [0.15, 0.2) is 24.3 Å². The minimum absolute atomic E-state index is 0.0304. The van der Waals surface area contributed by atoms with Crippen molar-refractivity contribution in [2.45, 2.75) is 64.6 Å². The number of amides is 2. The van der Waals surface area contributed by atoms with Crippen molar-refractivity contribution in [2.75, 3.05) is 46.5 Å². The summed E-state index contributed by atoms with van der Waals surface area (Å²) in [5, 5.41) is 16.7. The van der Waals surface area contributed by atoms with Gasteiger partial charge in [0, 0.05) is 58.9 Å². The maximum atomic E-state index is 13.0. The van der Waals surface area contributed by atoms with Crippen molar-refractivity contribution in [1.82, 2.24) is 15.5 Å². The predicted molar refractivity (Wildman–Crippen MR) is 141 cm³/mol. The van der Waals surface area contributed by atoms with E-state index in [-0.39, 0.29) is 29.7 Å². The first-order chi connectivity index (χ1) is 17.2. The molecule has 5 N–H and O–H groups in total. The molecular weight excluding hydrogens is 460 g/mol. The summed E-state index contributed by atoms with van der Waals surface area (Å²) in [6.45, 7) is 9.43. The molecule has 9 heteroatoms. The van der Waals surface area contributed by atoms with Crippen molar-refractivity contribution in [3.63, 3.8) is 0 Å². The Morgan fingerprint density at radius 3 is 2.64 bits per heavy atom. The monoisotopic (exact) mass is 506 g/mol. The van der Waals surface area contributed by atoms with Gasteiger partial charge in [0.1, 0.15) is 5.75 Å². The summed E-state index contributed by atoms with van der Waals surface area (Å²) in [5.41, 5.74) is 6.91. The number of para-hydroxylation sites is 1. The number of β-amino-alcohol motifs (C(OH)–C–C–N with tert-alkyl or cyclic N) is 1. The van der Waals surface area contributed by atoms with Crippen LogP contribution in [-0.2, 0) is 9.53 Å². The molecule has 2 rings (SSSR count). The van der Waals surface area contributed by atoms with Gasteiger partial charge >= 0.3 is 0 Å². The summed E-state index contributed by atoms with van der Waals surface area (Å²) >= 11 is 0. The van der Waals surface area contributed by atoms with Crippen LogP contribution in [0.1, 0.15) is 56.8 Å². The summed E-state index contributed by atoms with van der Waals surface area (Å²) in [6.07, 6.45) is 2.55. The summed E-state index contributed by atoms with van der Waals surface area (Å²) in [4.78, 5) is 26.4. The Balaban J connectivity index is 1.84. The Hall–Kier alpha value is -2.20. The van der Waals surface area contributed by atoms with Crippen LogP contribution in [-0.4, -0.2) is 86.5 Å². The highest BCUT2D eigenvalue weighted by Gasteiger charge is 2.28. The lowest BCUT2D eigenvalue weighted by Gasteiger charge is -2.29. The molecule has 9 nitrogen and oxygen atoms in total. The summed E-state index contributed by atoms with van der Waals surface area (Å²) in [6, 6.07) is 6.99. The Labute approximate surface area is 216 Å². The lowest BCUT2D eigenvalue weighted by atomic mass is 9.87. The van der Waals surface area contributed by atoms with Gasteiger partial charge in [-0.05, 0) is 49.7 Å². The Morgan fingerprint density at radius 1 is 1.22 bits per heavy atom. The van der Waals surface area contributed by atoms with Gasteiger partial charge in [0.25, 0.3) is 5.91 Å². The van der Waals surface area contributed by atoms with Crippen molar-refractivity contribution in [1.29, 1.82) is 0 Å². The maximum Gasteiger partial charge on any atom is 0.255 e. The van der Waals surface area contributed by atoms with Gasteiger partial charge in [-0.2, -0.15) is 0 Å². The first-order valence-corrected chi connectivity index (χ1v) is 13.1. The second-order valence-electron chi connectivity index (χ2n) is 10.2. The first-order valence-electron chi connectivity index (χ1n) is 13.1. The number of hydrogen-bond acceptors (Lipinski definition) is 7. The van der Waals surface area contributed by atoms with E-state index in [1.807, 2.05) is 18.2 Å². The van der Waals surface area contributed by atoms with Crippen LogP contribution in [0.2, 0.25) is 0 Å².